The molecule has 1 fully saturated rings. The molecule has 2 N–H and O–H groups in total. The smallest absolute Gasteiger partial charge is 0.336 e. The van der Waals surface area contributed by atoms with Crippen molar-refractivity contribution in [3.8, 4) is 0 Å². The summed E-state index contributed by atoms with van der Waals surface area (Å²) in [4.78, 5) is 11.0. The van der Waals surface area contributed by atoms with Gasteiger partial charge < -0.3 is 15.2 Å². The van der Waals surface area contributed by atoms with Gasteiger partial charge in [-0.05, 0) is 37.5 Å². The number of nitrogens with one attached hydrogen (secondary N) is 1. The molecule has 0 amide bonds. The summed E-state index contributed by atoms with van der Waals surface area (Å²) in [6.07, 6.45) is 2.30. The molecule has 0 spiro atoms. The third kappa shape index (κ3) is 2.42. The molecule has 0 radical (unpaired) electrons. The minimum atomic E-state index is -0.880. The topological polar surface area (TPSA) is 58.6 Å². The molecule has 1 aromatic rings. The summed E-state index contributed by atoms with van der Waals surface area (Å²) in [5.74, 6) is -0.880. The van der Waals surface area contributed by atoms with Crippen molar-refractivity contribution in [2.24, 2.45) is 0 Å². The molecule has 4 heteroatoms. The van der Waals surface area contributed by atoms with Crippen LogP contribution in [0.5, 0.6) is 0 Å². The fourth-order valence-corrected chi connectivity index (χ4v) is 2.12. The fourth-order valence-electron chi connectivity index (χ4n) is 2.12. The van der Waals surface area contributed by atoms with Gasteiger partial charge in [-0.1, -0.05) is 6.07 Å². The molecule has 0 aromatic heterocycles. The molecule has 4 nitrogen and oxygen atoms in total. The van der Waals surface area contributed by atoms with Crippen LogP contribution in [0.4, 0.5) is 5.69 Å². The number of hydrogen-bond acceptors (Lipinski definition) is 3. The highest BCUT2D eigenvalue weighted by Crippen LogP contribution is 2.28. The van der Waals surface area contributed by atoms with Crippen LogP contribution in [0.15, 0.2) is 18.2 Å². The molecule has 0 saturated heterocycles. The van der Waals surface area contributed by atoms with Gasteiger partial charge in [0.25, 0.3) is 0 Å². The van der Waals surface area contributed by atoms with Crippen LogP contribution in [0.2, 0.25) is 0 Å². The molecule has 1 saturated carbocycles. The Labute approximate surface area is 101 Å². The van der Waals surface area contributed by atoms with Crippen LogP contribution in [0.3, 0.4) is 0 Å². The molecule has 0 bridgehead atoms. The van der Waals surface area contributed by atoms with Gasteiger partial charge in [0, 0.05) is 18.8 Å². The largest absolute Gasteiger partial charge is 0.478 e. The first-order valence-electron chi connectivity index (χ1n) is 5.74. The molecule has 17 heavy (non-hydrogen) atoms. The highest BCUT2D eigenvalue weighted by atomic mass is 16.5. The van der Waals surface area contributed by atoms with Crippen LogP contribution in [-0.4, -0.2) is 30.3 Å². The van der Waals surface area contributed by atoms with Crippen LogP contribution >= 0.6 is 0 Å². The van der Waals surface area contributed by atoms with Crippen molar-refractivity contribution in [2.75, 3.05) is 12.4 Å². The minimum absolute atomic E-state index is 0.343. The van der Waals surface area contributed by atoms with Gasteiger partial charge in [-0.2, -0.15) is 0 Å². The van der Waals surface area contributed by atoms with Gasteiger partial charge >= 0.3 is 5.97 Å². The molecule has 1 aromatic carbocycles. The molecule has 92 valence electrons. The second kappa shape index (κ2) is 4.75. The van der Waals surface area contributed by atoms with Gasteiger partial charge in [-0.15, -0.1) is 0 Å². The lowest BCUT2D eigenvalue weighted by Gasteiger charge is -2.35. The van der Waals surface area contributed by atoms with Crippen molar-refractivity contribution in [2.45, 2.75) is 31.9 Å². The number of rotatable bonds is 4. The van der Waals surface area contributed by atoms with Gasteiger partial charge in [0.1, 0.15) is 0 Å². The Hall–Kier alpha value is -1.55. The standard InChI is InChI=1S/C13H17NO3/c1-8-11(13(15)16)4-3-5-12(8)14-9-6-10(7-9)17-2/h3-5,9-10,14H,6-7H2,1-2H3,(H,15,16). The SMILES string of the molecule is COC1CC(Nc2cccc(C(=O)O)c2C)C1. The third-order valence-corrected chi connectivity index (χ3v) is 3.35. The number of methoxy groups -OCH3 is 1. The summed E-state index contributed by atoms with van der Waals surface area (Å²) in [6.45, 7) is 1.83. The Morgan fingerprint density at radius 3 is 2.76 bits per heavy atom. The lowest BCUT2D eigenvalue weighted by Crippen LogP contribution is -2.40. The van der Waals surface area contributed by atoms with Crippen LogP contribution in [0.25, 0.3) is 0 Å². The summed E-state index contributed by atoms with van der Waals surface area (Å²) in [5, 5.41) is 12.4. The Morgan fingerprint density at radius 2 is 2.18 bits per heavy atom. The van der Waals surface area contributed by atoms with E-state index in [-0.39, 0.29) is 0 Å². The fraction of sp³-hybridized carbons (Fsp3) is 0.462. The normalized spacial score (nSPS) is 22.9. The van der Waals surface area contributed by atoms with E-state index in [0.29, 0.717) is 17.7 Å². The number of ether oxygens (including phenoxy) is 1. The lowest BCUT2D eigenvalue weighted by molar-refractivity contribution is 0.0328. The number of benzene rings is 1. The number of carbonyl (C=O) groups is 1. The van der Waals surface area contributed by atoms with E-state index in [2.05, 4.69) is 5.32 Å². The van der Waals surface area contributed by atoms with Crippen molar-refractivity contribution < 1.29 is 14.6 Å². The van der Waals surface area contributed by atoms with Gasteiger partial charge in [0.05, 0.1) is 11.7 Å². The quantitative estimate of drug-likeness (QED) is 0.840. The van der Waals surface area contributed by atoms with E-state index >= 15 is 0 Å². The molecule has 1 aliphatic rings. The van der Waals surface area contributed by atoms with Gasteiger partial charge in [-0.3, -0.25) is 0 Å². The number of carboxylic acid groups (broad SMARTS) is 1. The average Bonchev–Trinajstić information content (AvgIpc) is 2.24. The van der Waals surface area contributed by atoms with E-state index in [1.807, 2.05) is 13.0 Å². The predicted octanol–water partition coefficient (Wildman–Crippen LogP) is 2.28. The van der Waals surface area contributed by atoms with Gasteiger partial charge in [0.2, 0.25) is 0 Å². The molecule has 0 heterocycles. The van der Waals surface area contributed by atoms with Gasteiger partial charge in [-0.25, -0.2) is 4.79 Å². The maximum absolute atomic E-state index is 11.0. The first kappa shape index (κ1) is 11.9. The summed E-state index contributed by atoms with van der Waals surface area (Å²) in [7, 11) is 1.72. The third-order valence-electron chi connectivity index (χ3n) is 3.35. The number of anilines is 1. The van der Waals surface area contributed by atoms with Crippen molar-refractivity contribution in [1.82, 2.24) is 0 Å². The highest BCUT2D eigenvalue weighted by Gasteiger charge is 2.29. The monoisotopic (exact) mass is 235 g/mol. The molecular weight excluding hydrogens is 218 g/mol. The van der Waals surface area contributed by atoms with Crippen LogP contribution in [0.1, 0.15) is 28.8 Å². The zero-order chi connectivity index (χ0) is 12.4. The molecule has 1 aliphatic carbocycles. The minimum Gasteiger partial charge on any atom is -0.478 e. The molecular formula is C13H17NO3. The Balaban J connectivity index is 2.07. The van der Waals surface area contributed by atoms with Crippen molar-refractivity contribution in [3.05, 3.63) is 29.3 Å². The van der Waals surface area contributed by atoms with Crippen molar-refractivity contribution in [1.29, 1.82) is 0 Å². The predicted molar refractivity (Wildman–Crippen MR) is 65.6 cm³/mol. The zero-order valence-corrected chi connectivity index (χ0v) is 10.1. The van der Waals surface area contributed by atoms with E-state index in [9.17, 15) is 4.79 Å². The van der Waals surface area contributed by atoms with E-state index in [1.54, 1.807) is 19.2 Å². The Bertz CT molecular complexity index is 425. The first-order valence-corrected chi connectivity index (χ1v) is 5.74. The second-order valence-electron chi connectivity index (χ2n) is 4.45. The number of hydrogen-bond donors (Lipinski definition) is 2. The van der Waals surface area contributed by atoms with Crippen molar-refractivity contribution in [3.63, 3.8) is 0 Å². The first-order chi connectivity index (χ1) is 8.11. The van der Waals surface area contributed by atoms with E-state index in [4.69, 9.17) is 9.84 Å². The second-order valence-corrected chi connectivity index (χ2v) is 4.45. The van der Waals surface area contributed by atoms with Crippen LogP contribution in [0, 0.1) is 6.92 Å². The van der Waals surface area contributed by atoms with Crippen LogP contribution in [-0.2, 0) is 4.74 Å². The molecule has 0 aliphatic heterocycles. The average molecular weight is 235 g/mol. The Morgan fingerprint density at radius 1 is 1.47 bits per heavy atom. The number of carboxylic acids is 1. The van der Waals surface area contributed by atoms with E-state index < -0.39 is 5.97 Å². The molecule has 2 rings (SSSR count). The highest BCUT2D eigenvalue weighted by molar-refractivity contribution is 5.91. The van der Waals surface area contributed by atoms with Crippen LogP contribution < -0.4 is 5.32 Å². The maximum Gasteiger partial charge on any atom is 0.336 e. The summed E-state index contributed by atoms with van der Waals surface area (Å²) in [5.41, 5.74) is 2.06. The zero-order valence-electron chi connectivity index (χ0n) is 10.1. The molecule has 0 unspecified atom stereocenters. The summed E-state index contributed by atoms with van der Waals surface area (Å²) in [6, 6.07) is 5.71. The summed E-state index contributed by atoms with van der Waals surface area (Å²) < 4.78 is 5.21. The summed E-state index contributed by atoms with van der Waals surface area (Å²) >= 11 is 0. The maximum atomic E-state index is 11.0. The molecule has 0 atom stereocenters. The Kier molecular flexibility index (Phi) is 3.33. The van der Waals surface area contributed by atoms with E-state index in [0.717, 1.165) is 24.1 Å². The number of aromatic carboxylic acids is 1. The lowest BCUT2D eigenvalue weighted by atomic mass is 9.88. The van der Waals surface area contributed by atoms with Crippen molar-refractivity contribution >= 4 is 11.7 Å². The van der Waals surface area contributed by atoms with Gasteiger partial charge in [0.15, 0.2) is 0 Å². The van der Waals surface area contributed by atoms with E-state index in [1.165, 1.54) is 0 Å².